The van der Waals surface area contributed by atoms with Crippen molar-refractivity contribution in [2.45, 2.75) is 30.8 Å². The molecule has 0 unspecified atom stereocenters. The molecule has 34 heavy (non-hydrogen) atoms. The third-order valence-electron chi connectivity index (χ3n) is 5.57. The van der Waals surface area contributed by atoms with E-state index in [0.717, 1.165) is 29.1 Å². The van der Waals surface area contributed by atoms with Crippen molar-refractivity contribution in [1.82, 2.24) is 9.78 Å². The monoisotopic (exact) mass is 491 g/mol. The van der Waals surface area contributed by atoms with Gasteiger partial charge >= 0.3 is 6.18 Å². The molecule has 1 amide bonds. The largest absolute Gasteiger partial charge is 0.416 e. The van der Waals surface area contributed by atoms with Crippen molar-refractivity contribution in [2.24, 2.45) is 0 Å². The van der Waals surface area contributed by atoms with Crippen LogP contribution in [0.2, 0.25) is 0 Å². The number of carbonyl (C=O) groups excluding carboxylic acids is 1. The molecule has 0 radical (unpaired) electrons. The number of alkyl halides is 3. The number of fused-ring (bicyclic) bond motifs is 1. The molecule has 2 aromatic carbocycles. The molecule has 1 aliphatic rings. The number of halogens is 3. The highest BCUT2D eigenvalue weighted by atomic mass is 32.2. The highest BCUT2D eigenvalue weighted by Crippen LogP contribution is 2.31. The SMILES string of the molecule is Cc1cc(=O)c(C(=O)N2CCCc3cc(S(C)(=O)=O)ccc32)nn1-c1cccc(C(F)(F)F)c1. The highest BCUT2D eigenvalue weighted by molar-refractivity contribution is 7.90. The Morgan fingerprint density at radius 3 is 2.50 bits per heavy atom. The summed E-state index contributed by atoms with van der Waals surface area (Å²) in [5.41, 5.74) is -0.558. The number of nitrogens with zero attached hydrogens (tertiary/aromatic N) is 3. The second-order valence-corrected chi connectivity index (χ2v) is 10.1. The maximum atomic E-state index is 13.3. The fourth-order valence-electron chi connectivity index (χ4n) is 3.91. The van der Waals surface area contributed by atoms with Gasteiger partial charge in [0.25, 0.3) is 5.91 Å². The van der Waals surface area contributed by atoms with Gasteiger partial charge in [0.15, 0.2) is 15.5 Å². The quantitative estimate of drug-likeness (QED) is 0.559. The predicted molar refractivity (Wildman–Crippen MR) is 119 cm³/mol. The molecule has 0 N–H and O–H groups in total. The van der Waals surface area contributed by atoms with Crippen LogP contribution in [0, 0.1) is 6.92 Å². The minimum atomic E-state index is -4.57. The van der Waals surface area contributed by atoms with Crippen LogP contribution in [0.3, 0.4) is 0 Å². The summed E-state index contributed by atoms with van der Waals surface area (Å²) in [4.78, 5) is 27.5. The second-order valence-electron chi connectivity index (χ2n) is 8.08. The van der Waals surface area contributed by atoms with E-state index >= 15 is 0 Å². The van der Waals surface area contributed by atoms with E-state index in [1.807, 2.05) is 0 Å². The Labute approximate surface area is 193 Å². The zero-order valence-corrected chi connectivity index (χ0v) is 19.1. The fraction of sp³-hybridized carbons (Fsp3) is 0.261. The van der Waals surface area contributed by atoms with Gasteiger partial charge < -0.3 is 4.90 Å². The minimum Gasteiger partial charge on any atom is -0.307 e. The number of aryl methyl sites for hydroxylation is 2. The Morgan fingerprint density at radius 1 is 1.09 bits per heavy atom. The van der Waals surface area contributed by atoms with Gasteiger partial charge in [-0.05, 0) is 61.7 Å². The van der Waals surface area contributed by atoms with Crippen molar-refractivity contribution in [3.8, 4) is 5.69 Å². The first-order valence-corrected chi connectivity index (χ1v) is 12.2. The van der Waals surface area contributed by atoms with E-state index in [1.54, 1.807) is 0 Å². The molecule has 1 aliphatic heterocycles. The molecule has 0 atom stereocenters. The number of aromatic nitrogens is 2. The molecule has 0 spiro atoms. The first-order valence-electron chi connectivity index (χ1n) is 10.3. The first-order chi connectivity index (χ1) is 15.9. The smallest absolute Gasteiger partial charge is 0.307 e. The summed E-state index contributed by atoms with van der Waals surface area (Å²) in [7, 11) is -3.44. The number of hydrogen-bond donors (Lipinski definition) is 0. The van der Waals surface area contributed by atoms with Crippen LogP contribution in [0.25, 0.3) is 5.69 Å². The van der Waals surface area contributed by atoms with Crippen molar-refractivity contribution in [2.75, 3.05) is 17.7 Å². The molecule has 0 aliphatic carbocycles. The van der Waals surface area contributed by atoms with E-state index in [1.165, 1.54) is 42.2 Å². The van der Waals surface area contributed by atoms with Crippen LogP contribution in [0.15, 0.2) is 58.2 Å². The van der Waals surface area contributed by atoms with Gasteiger partial charge in [-0.15, -0.1) is 0 Å². The zero-order valence-electron chi connectivity index (χ0n) is 18.3. The van der Waals surface area contributed by atoms with E-state index in [-0.39, 0.29) is 22.8 Å². The molecule has 3 aromatic rings. The molecule has 0 saturated carbocycles. The fourth-order valence-corrected chi connectivity index (χ4v) is 4.59. The lowest BCUT2D eigenvalue weighted by atomic mass is 10.0. The number of anilines is 1. The van der Waals surface area contributed by atoms with Crippen LogP contribution >= 0.6 is 0 Å². The maximum Gasteiger partial charge on any atom is 0.416 e. The van der Waals surface area contributed by atoms with Crippen LogP contribution in [0.1, 0.15) is 33.7 Å². The summed E-state index contributed by atoms with van der Waals surface area (Å²) in [5, 5.41) is 4.12. The third-order valence-corrected chi connectivity index (χ3v) is 6.68. The van der Waals surface area contributed by atoms with E-state index in [0.29, 0.717) is 24.1 Å². The van der Waals surface area contributed by atoms with Gasteiger partial charge in [-0.1, -0.05) is 6.07 Å². The Bertz CT molecular complexity index is 1460. The van der Waals surface area contributed by atoms with Crippen molar-refractivity contribution in [1.29, 1.82) is 0 Å². The summed E-state index contributed by atoms with van der Waals surface area (Å²) in [6.07, 6.45) is -2.38. The van der Waals surface area contributed by atoms with Crippen molar-refractivity contribution in [3.63, 3.8) is 0 Å². The first kappa shape index (κ1) is 23.7. The molecule has 11 heteroatoms. The van der Waals surface area contributed by atoms with Crippen LogP contribution in [0.5, 0.6) is 0 Å². The molecule has 7 nitrogen and oxygen atoms in total. The maximum absolute atomic E-state index is 13.3. The lowest BCUT2D eigenvalue weighted by Gasteiger charge is -2.29. The second kappa shape index (κ2) is 8.39. The summed E-state index contributed by atoms with van der Waals surface area (Å²) in [5.74, 6) is -0.709. The van der Waals surface area contributed by atoms with Gasteiger partial charge in [-0.25, -0.2) is 13.1 Å². The topological polar surface area (TPSA) is 89.3 Å². The predicted octanol–water partition coefficient (Wildman–Crippen LogP) is 3.56. The standard InChI is InChI=1S/C23H20F3N3O4S/c1-14-11-20(30)21(27-29(14)17-7-3-6-16(13-17)23(24,25)26)22(31)28-10-4-5-15-12-18(34(2,32)33)8-9-19(15)28/h3,6-9,11-13H,4-5,10H2,1-2H3. The molecular formula is C23H20F3N3O4S. The average Bonchev–Trinajstić information content (AvgIpc) is 2.77. The van der Waals surface area contributed by atoms with Crippen LogP contribution < -0.4 is 10.3 Å². The van der Waals surface area contributed by atoms with Gasteiger partial charge in [0.2, 0.25) is 5.43 Å². The normalized spacial score (nSPS) is 14.1. The van der Waals surface area contributed by atoms with Crippen LogP contribution in [-0.4, -0.2) is 36.9 Å². The molecular weight excluding hydrogens is 471 g/mol. The summed E-state index contributed by atoms with van der Waals surface area (Å²) in [6.45, 7) is 1.79. The number of carbonyl (C=O) groups is 1. The molecule has 0 fully saturated rings. The zero-order chi connectivity index (χ0) is 24.8. The van der Waals surface area contributed by atoms with Crippen LogP contribution in [0.4, 0.5) is 18.9 Å². The molecule has 1 aromatic heterocycles. The lowest BCUT2D eigenvalue weighted by Crippen LogP contribution is -2.39. The number of rotatable bonds is 3. The minimum absolute atomic E-state index is 0.0539. The summed E-state index contributed by atoms with van der Waals surface area (Å²) >= 11 is 0. The number of hydrogen-bond acceptors (Lipinski definition) is 5. The van der Waals surface area contributed by atoms with Gasteiger partial charge in [-0.2, -0.15) is 18.3 Å². The van der Waals surface area contributed by atoms with Gasteiger partial charge in [-0.3, -0.25) is 9.59 Å². The van der Waals surface area contributed by atoms with Crippen molar-refractivity contribution < 1.29 is 26.4 Å². The van der Waals surface area contributed by atoms with E-state index in [9.17, 15) is 31.2 Å². The molecule has 4 rings (SSSR count). The third kappa shape index (κ3) is 4.47. The Hall–Kier alpha value is -3.47. The highest BCUT2D eigenvalue weighted by Gasteiger charge is 2.31. The number of amides is 1. The summed E-state index contributed by atoms with van der Waals surface area (Å²) < 4.78 is 64.4. The Kier molecular flexibility index (Phi) is 5.84. The van der Waals surface area contributed by atoms with E-state index in [2.05, 4.69) is 5.10 Å². The van der Waals surface area contributed by atoms with Crippen molar-refractivity contribution in [3.05, 3.63) is 81.3 Å². The Balaban J connectivity index is 1.77. The van der Waals surface area contributed by atoms with E-state index < -0.39 is 38.6 Å². The van der Waals surface area contributed by atoms with Gasteiger partial charge in [0, 0.05) is 30.2 Å². The van der Waals surface area contributed by atoms with E-state index in [4.69, 9.17) is 0 Å². The lowest BCUT2D eigenvalue weighted by molar-refractivity contribution is -0.137. The molecule has 2 heterocycles. The Morgan fingerprint density at radius 2 is 1.82 bits per heavy atom. The molecule has 178 valence electrons. The molecule has 0 saturated heterocycles. The average molecular weight is 491 g/mol. The van der Waals surface area contributed by atoms with Gasteiger partial charge in [0.1, 0.15) is 0 Å². The van der Waals surface area contributed by atoms with Crippen molar-refractivity contribution >= 4 is 21.4 Å². The summed E-state index contributed by atoms with van der Waals surface area (Å²) in [6, 6.07) is 10.00. The number of benzene rings is 2. The van der Waals surface area contributed by atoms with Crippen LogP contribution in [-0.2, 0) is 22.4 Å². The number of sulfone groups is 1. The van der Waals surface area contributed by atoms with Gasteiger partial charge in [0.05, 0.1) is 16.1 Å². The molecule has 0 bridgehead atoms.